The van der Waals surface area contributed by atoms with Crippen LogP contribution in [-0.4, -0.2) is 23.1 Å². The number of urea groups is 1. The highest BCUT2D eigenvalue weighted by Gasteiger charge is 2.30. The van der Waals surface area contributed by atoms with Crippen molar-refractivity contribution in [2.45, 2.75) is 39.3 Å². The van der Waals surface area contributed by atoms with Crippen molar-refractivity contribution in [3.8, 4) is 0 Å². The van der Waals surface area contributed by atoms with E-state index in [4.69, 9.17) is 4.74 Å². The quantitative estimate of drug-likeness (QED) is 0.844. The molecule has 2 aromatic heterocycles. The van der Waals surface area contributed by atoms with Crippen LogP contribution in [0.15, 0.2) is 10.8 Å². The number of thiazole rings is 2. The van der Waals surface area contributed by atoms with Crippen molar-refractivity contribution in [1.82, 2.24) is 15.3 Å². The summed E-state index contributed by atoms with van der Waals surface area (Å²) in [6.07, 6.45) is 0.750. The van der Waals surface area contributed by atoms with Crippen LogP contribution >= 0.6 is 22.7 Å². The van der Waals surface area contributed by atoms with E-state index in [0.717, 1.165) is 22.8 Å². The van der Waals surface area contributed by atoms with Gasteiger partial charge in [0.05, 0.1) is 17.8 Å². The normalized spacial score (nSPS) is 13.6. The summed E-state index contributed by atoms with van der Waals surface area (Å²) in [6, 6.07) is -0.282. The highest BCUT2D eigenvalue weighted by Crippen LogP contribution is 2.27. The highest BCUT2D eigenvalue weighted by atomic mass is 32.1. The summed E-state index contributed by atoms with van der Waals surface area (Å²) in [4.78, 5) is 21.0. The van der Waals surface area contributed by atoms with Gasteiger partial charge in [0.2, 0.25) is 0 Å². The summed E-state index contributed by atoms with van der Waals surface area (Å²) in [5, 5.41) is 11.1. The van der Waals surface area contributed by atoms with Crippen LogP contribution in [0.3, 0.4) is 0 Å². The maximum absolute atomic E-state index is 12.2. The Morgan fingerprint density at radius 1 is 1.36 bits per heavy atom. The second-order valence-corrected chi connectivity index (χ2v) is 6.85. The molecular formula is C14H20N4O2S2. The second-order valence-electron chi connectivity index (χ2n) is 5.14. The topological polar surface area (TPSA) is 76.1 Å². The molecule has 2 heterocycles. The van der Waals surface area contributed by atoms with Crippen LogP contribution in [0, 0.1) is 6.92 Å². The van der Waals surface area contributed by atoms with E-state index in [1.165, 1.54) is 11.3 Å². The SMILES string of the molecule is CC[C@@](C)(NC(=O)Nc1nc(COC)cs1)c1nc(C)cs1. The van der Waals surface area contributed by atoms with Crippen molar-refractivity contribution in [1.29, 1.82) is 0 Å². The number of hydrogen-bond donors (Lipinski definition) is 2. The minimum absolute atomic E-state index is 0.282. The van der Waals surface area contributed by atoms with Crippen molar-refractivity contribution >= 4 is 33.8 Å². The van der Waals surface area contributed by atoms with E-state index in [9.17, 15) is 4.79 Å². The Hall–Kier alpha value is -1.51. The molecule has 22 heavy (non-hydrogen) atoms. The van der Waals surface area contributed by atoms with E-state index in [1.807, 2.05) is 31.5 Å². The van der Waals surface area contributed by atoms with E-state index in [-0.39, 0.29) is 6.03 Å². The molecule has 1 atom stereocenters. The molecule has 0 aromatic carbocycles. The lowest BCUT2D eigenvalue weighted by molar-refractivity contribution is 0.182. The van der Waals surface area contributed by atoms with Crippen LogP contribution in [0.4, 0.5) is 9.93 Å². The predicted octanol–water partition coefficient (Wildman–Crippen LogP) is 3.50. The lowest BCUT2D eigenvalue weighted by Gasteiger charge is -2.27. The van der Waals surface area contributed by atoms with Gasteiger partial charge < -0.3 is 10.1 Å². The number of nitrogens with one attached hydrogen (secondary N) is 2. The lowest BCUT2D eigenvalue weighted by atomic mass is 10.0. The van der Waals surface area contributed by atoms with Gasteiger partial charge in [0.1, 0.15) is 5.01 Å². The average molecular weight is 340 g/mol. The largest absolute Gasteiger partial charge is 0.378 e. The number of aromatic nitrogens is 2. The van der Waals surface area contributed by atoms with Crippen LogP contribution < -0.4 is 10.6 Å². The number of amides is 2. The van der Waals surface area contributed by atoms with Gasteiger partial charge in [0, 0.05) is 23.6 Å². The maximum Gasteiger partial charge on any atom is 0.321 e. The number of hydrogen-bond acceptors (Lipinski definition) is 6. The Morgan fingerprint density at radius 2 is 2.14 bits per heavy atom. The Balaban J connectivity index is 2.02. The van der Waals surface area contributed by atoms with Crippen LogP contribution in [-0.2, 0) is 16.9 Å². The molecule has 0 fully saturated rings. The van der Waals surface area contributed by atoms with Crippen LogP contribution in [0.5, 0.6) is 0 Å². The fourth-order valence-electron chi connectivity index (χ4n) is 1.86. The summed E-state index contributed by atoms with van der Waals surface area (Å²) in [7, 11) is 1.61. The second kappa shape index (κ2) is 7.17. The molecule has 0 unspecified atom stereocenters. The standard InChI is InChI=1S/C14H20N4O2S2/c1-5-14(3,11-15-9(2)7-21-11)18-12(19)17-13-16-10(6-20-4)8-22-13/h7-8H,5-6H2,1-4H3,(H2,16,17,18,19)/t14-/m1/s1. The number of anilines is 1. The zero-order valence-corrected chi connectivity index (χ0v) is 14.7. The Bertz CT molecular complexity index is 640. The van der Waals surface area contributed by atoms with Gasteiger partial charge in [0.25, 0.3) is 0 Å². The highest BCUT2D eigenvalue weighted by molar-refractivity contribution is 7.14. The Morgan fingerprint density at radius 3 is 2.73 bits per heavy atom. The van der Waals surface area contributed by atoms with Crippen molar-refractivity contribution < 1.29 is 9.53 Å². The lowest BCUT2D eigenvalue weighted by Crippen LogP contribution is -2.45. The summed E-state index contributed by atoms with van der Waals surface area (Å²) >= 11 is 2.93. The van der Waals surface area contributed by atoms with E-state index < -0.39 is 5.54 Å². The minimum Gasteiger partial charge on any atom is -0.378 e. The number of aryl methyl sites for hydroxylation is 1. The molecule has 2 aromatic rings. The van der Waals surface area contributed by atoms with Gasteiger partial charge in [-0.05, 0) is 20.3 Å². The molecule has 2 amide bonds. The number of carbonyl (C=O) groups is 1. The molecule has 0 aliphatic carbocycles. The van der Waals surface area contributed by atoms with E-state index >= 15 is 0 Å². The molecule has 2 N–H and O–H groups in total. The average Bonchev–Trinajstić information content (AvgIpc) is 3.08. The van der Waals surface area contributed by atoms with Crippen LogP contribution in [0.2, 0.25) is 0 Å². The first kappa shape index (κ1) is 16.9. The van der Waals surface area contributed by atoms with Crippen LogP contribution in [0.25, 0.3) is 0 Å². The van der Waals surface area contributed by atoms with Crippen molar-refractivity contribution in [2.75, 3.05) is 12.4 Å². The fraction of sp³-hybridized carbons (Fsp3) is 0.500. The number of nitrogens with zero attached hydrogens (tertiary/aromatic N) is 2. The molecule has 0 bridgehead atoms. The van der Waals surface area contributed by atoms with Crippen molar-refractivity contribution in [3.63, 3.8) is 0 Å². The predicted molar refractivity (Wildman–Crippen MR) is 89.5 cm³/mol. The third-order valence-corrected chi connectivity index (χ3v) is 5.28. The molecular weight excluding hydrogens is 320 g/mol. The van der Waals surface area contributed by atoms with E-state index in [1.54, 1.807) is 18.4 Å². The summed E-state index contributed by atoms with van der Waals surface area (Å²) < 4.78 is 5.01. The maximum atomic E-state index is 12.2. The molecule has 0 saturated carbocycles. The molecule has 0 spiro atoms. The van der Waals surface area contributed by atoms with E-state index in [0.29, 0.717) is 11.7 Å². The summed E-state index contributed by atoms with van der Waals surface area (Å²) in [5.74, 6) is 0. The summed E-state index contributed by atoms with van der Waals surface area (Å²) in [5.41, 5.74) is 1.28. The van der Waals surface area contributed by atoms with Gasteiger partial charge in [-0.15, -0.1) is 22.7 Å². The monoisotopic (exact) mass is 340 g/mol. The van der Waals surface area contributed by atoms with E-state index in [2.05, 4.69) is 20.6 Å². The first-order chi connectivity index (χ1) is 10.5. The van der Waals surface area contributed by atoms with Gasteiger partial charge in [-0.3, -0.25) is 5.32 Å². The third-order valence-electron chi connectivity index (χ3n) is 3.25. The molecule has 0 aliphatic rings. The molecule has 0 aliphatic heterocycles. The van der Waals surface area contributed by atoms with Crippen molar-refractivity contribution in [2.24, 2.45) is 0 Å². The molecule has 8 heteroatoms. The van der Waals surface area contributed by atoms with Gasteiger partial charge in [-0.2, -0.15) is 0 Å². The van der Waals surface area contributed by atoms with Crippen molar-refractivity contribution in [3.05, 3.63) is 27.2 Å². The number of carbonyl (C=O) groups excluding carboxylic acids is 1. The smallest absolute Gasteiger partial charge is 0.321 e. The molecule has 0 radical (unpaired) electrons. The zero-order valence-electron chi connectivity index (χ0n) is 13.1. The molecule has 6 nitrogen and oxygen atoms in total. The minimum atomic E-state index is -0.490. The molecule has 2 rings (SSSR count). The van der Waals surface area contributed by atoms with Gasteiger partial charge in [-0.1, -0.05) is 6.92 Å². The fourth-order valence-corrected chi connectivity index (χ4v) is 3.54. The molecule has 0 saturated heterocycles. The van der Waals surface area contributed by atoms with Crippen LogP contribution in [0.1, 0.15) is 36.7 Å². The van der Waals surface area contributed by atoms with Gasteiger partial charge in [-0.25, -0.2) is 14.8 Å². The Kier molecular flexibility index (Phi) is 5.49. The third kappa shape index (κ3) is 4.02. The first-order valence-electron chi connectivity index (χ1n) is 6.92. The van der Waals surface area contributed by atoms with Gasteiger partial charge in [0.15, 0.2) is 5.13 Å². The number of rotatable bonds is 6. The Labute approximate surface area is 138 Å². The zero-order chi connectivity index (χ0) is 16.2. The molecule has 120 valence electrons. The first-order valence-corrected chi connectivity index (χ1v) is 8.68. The number of ether oxygens (including phenoxy) is 1. The summed E-state index contributed by atoms with van der Waals surface area (Å²) in [6.45, 7) is 6.38. The van der Waals surface area contributed by atoms with Gasteiger partial charge >= 0.3 is 6.03 Å². The number of methoxy groups -OCH3 is 1.